The second-order valence-corrected chi connectivity index (χ2v) is 12.0. The maximum Gasteiger partial charge on any atom is 0.337 e. The molecule has 0 aliphatic carbocycles. The molecular formula is C25H20Cl2N2O6S. The third-order valence-electron chi connectivity index (χ3n) is 4.92. The Hall–Kier alpha value is -3.66. The molecule has 8 nitrogen and oxygen atoms in total. The third-order valence-corrected chi connectivity index (χ3v) is 6.27. The van der Waals surface area contributed by atoms with Crippen molar-refractivity contribution in [2.24, 2.45) is 0 Å². The summed E-state index contributed by atoms with van der Waals surface area (Å²) < 4.78 is 7.95. The fourth-order valence-electron chi connectivity index (χ4n) is 3.32. The molecule has 0 aliphatic heterocycles. The van der Waals surface area contributed by atoms with Gasteiger partial charge in [0.2, 0.25) is 0 Å². The van der Waals surface area contributed by atoms with Crippen molar-refractivity contribution >= 4 is 67.3 Å². The number of carboxylic acids is 2. The largest absolute Gasteiger partial charge is 0.478 e. The molecule has 0 aliphatic rings. The second-order valence-electron chi connectivity index (χ2n) is 8.10. The van der Waals surface area contributed by atoms with Crippen molar-refractivity contribution in [3.63, 3.8) is 0 Å². The van der Waals surface area contributed by atoms with Crippen LogP contribution in [-0.2, 0) is 9.41 Å². The minimum atomic E-state index is -2.06. The maximum absolute atomic E-state index is 13.2. The van der Waals surface area contributed by atoms with Gasteiger partial charge in [0.15, 0.2) is 5.78 Å². The summed E-state index contributed by atoms with van der Waals surface area (Å²) in [4.78, 5) is 49.3. The van der Waals surface area contributed by atoms with Gasteiger partial charge in [0.1, 0.15) is 0 Å². The van der Waals surface area contributed by atoms with Crippen molar-refractivity contribution in [3.8, 4) is 11.1 Å². The zero-order valence-electron chi connectivity index (χ0n) is 19.0. The predicted molar refractivity (Wildman–Crippen MR) is 143 cm³/mol. The fourth-order valence-corrected chi connectivity index (χ4v) is 4.51. The Labute approximate surface area is 216 Å². The van der Waals surface area contributed by atoms with Gasteiger partial charge in [-0.05, 0) is 54.5 Å². The first-order valence-corrected chi connectivity index (χ1v) is 13.4. The number of anilines is 1. The SMILES string of the molecule is CS(C)(=N)=CC(=O)c1ccc(C(=O)O)c(C(=O)Nc2cc(-c3ccc(Cl)cc3Cl)ccc2C(=O)O)c1. The van der Waals surface area contributed by atoms with Crippen LogP contribution in [-0.4, -0.2) is 51.7 Å². The number of ketones is 1. The Morgan fingerprint density at radius 3 is 2.08 bits per heavy atom. The van der Waals surface area contributed by atoms with Crippen LogP contribution >= 0.6 is 23.2 Å². The minimum Gasteiger partial charge on any atom is -0.478 e. The van der Waals surface area contributed by atoms with Gasteiger partial charge in [-0.15, -0.1) is 9.41 Å². The molecule has 0 saturated carbocycles. The van der Waals surface area contributed by atoms with Crippen molar-refractivity contribution in [3.05, 3.63) is 86.9 Å². The molecule has 3 aromatic carbocycles. The Morgan fingerprint density at radius 1 is 0.861 bits per heavy atom. The number of hydrogen-bond donors (Lipinski definition) is 4. The number of Topliss-reactive ketones (excluding diaryl/α,β-unsaturated/α-hetero) is 1. The van der Waals surface area contributed by atoms with Crippen LogP contribution in [0, 0.1) is 4.78 Å². The summed E-state index contributed by atoms with van der Waals surface area (Å²) >= 11 is 12.2. The summed E-state index contributed by atoms with van der Waals surface area (Å²) in [5, 5.41) is 23.6. The van der Waals surface area contributed by atoms with Crippen LogP contribution < -0.4 is 5.32 Å². The maximum atomic E-state index is 13.2. The Bertz CT molecular complexity index is 1550. The Kier molecular flexibility index (Phi) is 7.88. The molecule has 0 aromatic heterocycles. The van der Waals surface area contributed by atoms with Crippen LogP contribution in [0.2, 0.25) is 10.0 Å². The highest BCUT2D eigenvalue weighted by Gasteiger charge is 2.22. The first kappa shape index (κ1) is 26.9. The summed E-state index contributed by atoms with van der Waals surface area (Å²) in [6, 6.07) is 12.4. The predicted octanol–water partition coefficient (Wildman–Crippen LogP) is 5.47. The zero-order valence-corrected chi connectivity index (χ0v) is 21.3. The van der Waals surface area contributed by atoms with Crippen LogP contribution in [0.1, 0.15) is 41.4 Å². The van der Waals surface area contributed by atoms with Crippen LogP contribution in [0.5, 0.6) is 0 Å². The summed E-state index contributed by atoms with van der Waals surface area (Å²) in [6.07, 6.45) is 3.16. The highest BCUT2D eigenvalue weighted by atomic mass is 35.5. The molecule has 36 heavy (non-hydrogen) atoms. The van der Waals surface area contributed by atoms with E-state index in [2.05, 4.69) is 5.32 Å². The lowest BCUT2D eigenvalue weighted by Gasteiger charge is -2.14. The average molecular weight is 547 g/mol. The number of amides is 1. The lowest BCUT2D eigenvalue weighted by Crippen LogP contribution is -2.19. The quantitative estimate of drug-likeness (QED) is 0.228. The van der Waals surface area contributed by atoms with E-state index in [1.54, 1.807) is 24.6 Å². The standard InChI is InChI=1S/C25H20Cl2N2O6S/c1-36(2,28)12-22(30)14-4-6-17(24(32)33)19(9-14)23(31)29-21-10-13(3-7-18(21)25(34)35)16-8-5-15(26)11-20(16)27/h3-12,28H,1-2H3,(H,29,31)(H,32,33)(H,34,35). The average Bonchev–Trinajstić information content (AvgIpc) is 2.77. The highest BCUT2D eigenvalue weighted by molar-refractivity contribution is 8.02. The molecule has 186 valence electrons. The summed E-state index contributed by atoms with van der Waals surface area (Å²) in [6.45, 7) is 0. The number of nitrogens with one attached hydrogen (secondary N) is 2. The van der Waals surface area contributed by atoms with E-state index in [0.29, 0.717) is 21.2 Å². The summed E-state index contributed by atoms with van der Waals surface area (Å²) in [7, 11) is -2.06. The van der Waals surface area contributed by atoms with E-state index in [0.717, 1.165) is 12.1 Å². The summed E-state index contributed by atoms with van der Waals surface area (Å²) in [5.74, 6) is -4.19. The van der Waals surface area contributed by atoms with Gasteiger partial charge in [0.25, 0.3) is 5.91 Å². The van der Waals surface area contributed by atoms with Gasteiger partial charge in [-0.3, -0.25) is 14.4 Å². The van der Waals surface area contributed by atoms with Gasteiger partial charge >= 0.3 is 11.9 Å². The van der Waals surface area contributed by atoms with Gasteiger partial charge < -0.3 is 15.5 Å². The van der Waals surface area contributed by atoms with Crippen molar-refractivity contribution in [2.45, 2.75) is 0 Å². The number of carboxylic acid groups (broad SMARTS) is 2. The molecule has 0 heterocycles. The van der Waals surface area contributed by atoms with Gasteiger partial charge in [-0.25, -0.2) is 9.59 Å². The molecule has 0 unspecified atom stereocenters. The van der Waals surface area contributed by atoms with Crippen LogP contribution in [0.25, 0.3) is 11.1 Å². The molecule has 3 aromatic rings. The Morgan fingerprint density at radius 2 is 1.50 bits per heavy atom. The number of hydrogen-bond acceptors (Lipinski definition) is 5. The van der Waals surface area contributed by atoms with E-state index >= 15 is 0 Å². The van der Waals surface area contributed by atoms with E-state index in [-0.39, 0.29) is 27.9 Å². The molecule has 0 spiro atoms. The van der Waals surface area contributed by atoms with Crippen LogP contribution in [0.15, 0.2) is 54.6 Å². The molecule has 0 radical (unpaired) electrons. The first-order valence-electron chi connectivity index (χ1n) is 10.2. The van der Waals surface area contributed by atoms with Gasteiger partial charge in [0.05, 0.1) is 22.4 Å². The molecular weight excluding hydrogens is 527 g/mol. The lowest BCUT2D eigenvalue weighted by atomic mass is 10.00. The topological polar surface area (TPSA) is 145 Å². The zero-order chi connectivity index (χ0) is 26.8. The van der Waals surface area contributed by atoms with Gasteiger partial charge in [-0.1, -0.05) is 41.4 Å². The minimum absolute atomic E-state index is 0.0260. The number of rotatable bonds is 7. The Balaban J connectivity index is 2.09. The second kappa shape index (κ2) is 10.5. The normalized spacial score (nSPS) is 11.0. The fraction of sp³-hybridized carbons (Fsp3) is 0.0800. The van der Waals surface area contributed by atoms with Crippen molar-refractivity contribution in [1.82, 2.24) is 0 Å². The summed E-state index contributed by atoms with van der Waals surface area (Å²) in [5.41, 5.74) is -0.0289. The number of carbonyl (C=O) groups is 4. The van der Waals surface area contributed by atoms with Crippen molar-refractivity contribution < 1.29 is 29.4 Å². The molecule has 1 amide bonds. The molecule has 11 heteroatoms. The van der Waals surface area contributed by atoms with Gasteiger partial charge in [0, 0.05) is 26.5 Å². The van der Waals surface area contributed by atoms with Crippen molar-refractivity contribution in [1.29, 1.82) is 4.78 Å². The molecule has 0 bridgehead atoms. The molecule has 0 atom stereocenters. The van der Waals surface area contributed by atoms with E-state index in [9.17, 15) is 29.4 Å². The number of halogens is 2. The van der Waals surface area contributed by atoms with Crippen LogP contribution in [0.3, 0.4) is 0 Å². The molecule has 4 N–H and O–H groups in total. The lowest BCUT2D eigenvalue weighted by molar-refractivity contribution is 0.0684. The number of carbonyl (C=O) groups excluding carboxylic acids is 2. The number of aromatic carboxylic acids is 2. The molecule has 3 rings (SSSR count). The molecule has 0 saturated heterocycles. The van der Waals surface area contributed by atoms with E-state index in [4.69, 9.17) is 28.0 Å². The number of benzene rings is 3. The van der Waals surface area contributed by atoms with E-state index < -0.39 is 33.0 Å². The monoisotopic (exact) mass is 546 g/mol. The molecule has 0 fully saturated rings. The van der Waals surface area contributed by atoms with Crippen LogP contribution in [0.4, 0.5) is 5.69 Å². The van der Waals surface area contributed by atoms with Gasteiger partial charge in [-0.2, -0.15) is 0 Å². The highest BCUT2D eigenvalue weighted by Crippen LogP contribution is 2.33. The first-order chi connectivity index (χ1) is 16.8. The third kappa shape index (κ3) is 6.31. The van der Waals surface area contributed by atoms with E-state index in [1.807, 2.05) is 0 Å². The van der Waals surface area contributed by atoms with Crippen molar-refractivity contribution in [2.75, 3.05) is 17.8 Å². The smallest absolute Gasteiger partial charge is 0.337 e. The van der Waals surface area contributed by atoms with E-state index in [1.165, 1.54) is 35.7 Å².